The number of para-hydroxylation sites is 1. The Morgan fingerprint density at radius 2 is 1.62 bits per heavy atom. The molecule has 4 heteroatoms. The molecule has 1 aliphatic heterocycles. The normalized spacial score (nSPS) is 15.7. The van der Waals surface area contributed by atoms with Gasteiger partial charge in [0.15, 0.2) is 0 Å². The van der Waals surface area contributed by atoms with Crippen LogP contribution in [0.2, 0.25) is 0 Å². The molecule has 144 valence electrons. The number of carbonyl (C=O) groups excluding carboxylic acids is 1. The summed E-state index contributed by atoms with van der Waals surface area (Å²) < 4.78 is 7.41. The molecule has 0 unspecified atom stereocenters. The van der Waals surface area contributed by atoms with E-state index < -0.39 is 0 Å². The highest BCUT2D eigenvalue weighted by Gasteiger charge is 2.38. The van der Waals surface area contributed by atoms with E-state index in [0.717, 1.165) is 28.0 Å². The molecule has 1 amide bonds. The Balaban J connectivity index is 1.63. The fraction of sp³-hybridized carbons (Fsp3) is 0.160. The first-order chi connectivity index (χ1) is 14.2. The molecule has 4 nitrogen and oxygen atoms in total. The molecule has 0 saturated heterocycles. The van der Waals surface area contributed by atoms with Crippen molar-refractivity contribution in [2.75, 3.05) is 7.11 Å². The zero-order valence-corrected chi connectivity index (χ0v) is 16.5. The molecule has 1 aromatic heterocycles. The van der Waals surface area contributed by atoms with E-state index in [2.05, 4.69) is 48.1 Å². The summed E-state index contributed by atoms with van der Waals surface area (Å²) in [5.41, 5.74) is 5.28. The predicted molar refractivity (Wildman–Crippen MR) is 114 cm³/mol. The summed E-state index contributed by atoms with van der Waals surface area (Å²) in [5.74, 6) is 0.893. The van der Waals surface area contributed by atoms with E-state index in [9.17, 15) is 4.79 Å². The van der Waals surface area contributed by atoms with E-state index in [4.69, 9.17) is 4.74 Å². The first kappa shape index (κ1) is 17.6. The summed E-state index contributed by atoms with van der Waals surface area (Å²) in [5, 5.41) is 1.18. The van der Waals surface area contributed by atoms with Gasteiger partial charge in [-0.1, -0.05) is 48.5 Å². The predicted octanol–water partition coefficient (Wildman–Crippen LogP) is 4.93. The number of carbonyl (C=O) groups is 1. The number of aryl methyl sites for hydroxylation is 1. The zero-order valence-electron chi connectivity index (χ0n) is 16.5. The van der Waals surface area contributed by atoms with Crippen molar-refractivity contribution >= 4 is 16.8 Å². The lowest BCUT2D eigenvalue weighted by atomic mass is 9.97. The van der Waals surface area contributed by atoms with Gasteiger partial charge < -0.3 is 14.2 Å². The van der Waals surface area contributed by atoms with Gasteiger partial charge in [0.1, 0.15) is 5.75 Å². The van der Waals surface area contributed by atoms with Crippen LogP contribution >= 0.6 is 0 Å². The Hall–Kier alpha value is -3.53. The SMILES string of the molecule is COc1ccc(CN2C(=O)c3ccccc3[C@@H]2c2cn(C)c3ccccc23)cc1. The quantitative estimate of drug-likeness (QED) is 0.501. The van der Waals surface area contributed by atoms with Crippen molar-refractivity contribution in [3.8, 4) is 5.75 Å². The standard InChI is InChI=1S/C25H22N2O2/c1-26-16-22(19-7-5-6-10-23(19)26)24-20-8-3-4-9-21(20)25(28)27(24)15-17-11-13-18(29-2)14-12-17/h3-14,16,24H,15H2,1-2H3/t24-/m1/s1. The molecule has 0 N–H and O–H groups in total. The molecule has 0 bridgehead atoms. The van der Waals surface area contributed by atoms with E-state index >= 15 is 0 Å². The molecule has 4 aromatic rings. The average molecular weight is 382 g/mol. The van der Waals surface area contributed by atoms with Gasteiger partial charge in [-0.3, -0.25) is 4.79 Å². The Morgan fingerprint density at radius 1 is 0.897 bits per heavy atom. The maximum Gasteiger partial charge on any atom is 0.255 e. The number of fused-ring (bicyclic) bond motifs is 2. The molecule has 3 aromatic carbocycles. The van der Waals surface area contributed by atoms with Crippen LogP contribution in [0.3, 0.4) is 0 Å². The first-order valence-electron chi connectivity index (χ1n) is 9.74. The summed E-state index contributed by atoms with van der Waals surface area (Å²) in [4.78, 5) is 15.3. The third-order valence-electron chi connectivity index (χ3n) is 5.79. The van der Waals surface area contributed by atoms with Crippen molar-refractivity contribution in [2.24, 2.45) is 7.05 Å². The highest BCUT2D eigenvalue weighted by molar-refractivity contribution is 6.00. The van der Waals surface area contributed by atoms with Crippen molar-refractivity contribution in [1.82, 2.24) is 9.47 Å². The molecule has 1 atom stereocenters. The third-order valence-corrected chi connectivity index (χ3v) is 5.79. The smallest absolute Gasteiger partial charge is 0.255 e. The molecule has 29 heavy (non-hydrogen) atoms. The van der Waals surface area contributed by atoms with E-state index in [1.54, 1.807) is 7.11 Å². The van der Waals surface area contributed by atoms with Crippen molar-refractivity contribution in [3.05, 3.63) is 101 Å². The Bertz CT molecular complexity index is 1210. The second-order valence-electron chi connectivity index (χ2n) is 7.48. The highest BCUT2D eigenvalue weighted by atomic mass is 16.5. The summed E-state index contributed by atoms with van der Waals surface area (Å²) in [6.45, 7) is 0.547. The molecule has 0 spiro atoms. The number of hydrogen-bond donors (Lipinski definition) is 0. The van der Waals surface area contributed by atoms with Gasteiger partial charge in [0.25, 0.3) is 5.91 Å². The lowest BCUT2D eigenvalue weighted by Crippen LogP contribution is -2.28. The molecular formula is C25H22N2O2. The topological polar surface area (TPSA) is 34.5 Å². The summed E-state index contributed by atoms with van der Waals surface area (Å²) in [6, 6.07) is 24.2. The second-order valence-corrected chi connectivity index (χ2v) is 7.48. The second kappa shape index (κ2) is 6.82. The van der Waals surface area contributed by atoms with Crippen LogP contribution in [0.25, 0.3) is 10.9 Å². The minimum Gasteiger partial charge on any atom is -0.497 e. The minimum absolute atomic E-state index is 0.0781. The van der Waals surface area contributed by atoms with E-state index in [1.165, 1.54) is 10.9 Å². The Kier molecular flexibility index (Phi) is 4.13. The summed E-state index contributed by atoms with van der Waals surface area (Å²) >= 11 is 0. The Morgan fingerprint density at radius 3 is 2.41 bits per heavy atom. The molecule has 2 heterocycles. The van der Waals surface area contributed by atoms with Crippen LogP contribution in [0, 0.1) is 0 Å². The third kappa shape index (κ3) is 2.80. The number of methoxy groups -OCH3 is 1. The summed E-state index contributed by atoms with van der Waals surface area (Å²) in [7, 11) is 3.72. The molecule has 0 fully saturated rings. The van der Waals surface area contributed by atoms with Crippen LogP contribution in [0.5, 0.6) is 5.75 Å². The Labute approximate surface area is 170 Å². The van der Waals surface area contributed by atoms with E-state index in [0.29, 0.717) is 6.54 Å². The van der Waals surface area contributed by atoms with Gasteiger partial charge in [-0.25, -0.2) is 0 Å². The molecule has 1 aliphatic rings. The number of aromatic nitrogens is 1. The summed E-state index contributed by atoms with van der Waals surface area (Å²) in [6.07, 6.45) is 2.16. The molecule has 0 aliphatic carbocycles. The van der Waals surface area contributed by atoms with E-state index in [-0.39, 0.29) is 11.9 Å². The maximum atomic E-state index is 13.3. The van der Waals surface area contributed by atoms with Gasteiger partial charge >= 0.3 is 0 Å². The highest BCUT2D eigenvalue weighted by Crippen LogP contribution is 2.42. The van der Waals surface area contributed by atoms with Gasteiger partial charge in [0.05, 0.1) is 13.2 Å². The monoisotopic (exact) mass is 382 g/mol. The number of amides is 1. The minimum atomic E-state index is -0.105. The van der Waals surface area contributed by atoms with Crippen LogP contribution in [0.4, 0.5) is 0 Å². The van der Waals surface area contributed by atoms with Crippen LogP contribution in [0.15, 0.2) is 79.0 Å². The number of rotatable bonds is 4. The van der Waals surface area contributed by atoms with Gasteiger partial charge in [-0.2, -0.15) is 0 Å². The van der Waals surface area contributed by atoms with Crippen molar-refractivity contribution < 1.29 is 9.53 Å². The first-order valence-corrected chi connectivity index (χ1v) is 9.74. The lowest BCUT2D eigenvalue weighted by Gasteiger charge is -2.25. The number of hydrogen-bond acceptors (Lipinski definition) is 2. The number of ether oxygens (including phenoxy) is 1. The molecular weight excluding hydrogens is 360 g/mol. The molecule has 0 saturated carbocycles. The van der Waals surface area contributed by atoms with Gasteiger partial charge in [-0.15, -0.1) is 0 Å². The maximum absolute atomic E-state index is 13.3. The van der Waals surface area contributed by atoms with Crippen molar-refractivity contribution in [1.29, 1.82) is 0 Å². The molecule has 5 rings (SSSR count). The lowest BCUT2D eigenvalue weighted by molar-refractivity contribution is 0.0736. The molecule has 0 radical (unpaired) electrons. The number of nitrogens with zero attached hydrogens (tertiary/aromatic N) is 2. The zero-order chi connectivity index (χ0) is 20.0. The van der Waals surface area contributed by atoms with Crippen LogP contribution < -0.4 is 4.74 Å². The van der Waals surface area contributed by atoms with Gasteiger partial charge in [-0.05, 0) is 35.4 Å². The van der Waals surface area contributed by atoms with Crippen LogP contribution in [-0.2, 0) is 13.6 Å². The van der Waals surface area contributed by atoms with Gasteiger partial charge in [0, 0.05) is 41.8 Å². The fourth-order valence-electron chi connectivity index (χ4n) is 4.39. The largest absolute Gasteiger partial charge is 0.497 e. The van der Waals surface area contributed by atoms with E-state index in [1.807, 2.05) is 47.4 Å². The van der Waals surface area contributed by atoms with Crippen molar-refractivity contribution in [2.45, 2.75) is 12.6 Å². The van der Waals surface area contributed by atoms with Crippen molar-refractivity contribution in [3.63, 3.8) is 0 Å². The van der Waals surface area contributed by atoms with Crippen LogP contribution in [-0.4, -0.2) is 22.5 Å². The fourth-order valence-corrected chi connectivity index (χ4v) is 4.39. The average Bonchev–Trinajstić information content (AvgIpc) is 3.23. The number of benzene rings is 3. The van der Waals surface area contributed by atoms with Crippen LogP contribution in [0.1, 0.15) is 33.1 Å². The van der Waals surface area contributed by atoms with Gasteiger partial charge in [0.2, 0.25) is 0 Å².